The van der Waals surface area contributed by atoms with E-state index in [0.717, 1.165) is 31.9 Å². The zero-order chi connectivity index (χ0) is 21.5. The van der Waals surface area contributed by atoms with Gasteiger partial charge in [-0.05, 0) is 43.3 Å². The number of hydrogen-bond acceptors (Lipinski definition) is 3. The van der Waals surface area contributed by atoms with Gasteiger partial charge in [0.1, 0.15) is 38.0 Å². The van der Waals surface area contributed by atoms with Gasteiger partial charge in [0, 0.05) is 30.9 Å². The van der Waals surface area contributed by atoms with E-state index in [2.05, 4.69) is 55.6 Å². The molecule has 2 aromatic rings. The minimum atomic E-state index is -0.0351. The first-order chi connectivity index (χ1) is 14.5. The zero-order valence-corrected chi connectivity index (χ0v) is 18.7. The molecular formula is C24H36N4O2+2. The van der Waals surface area contributed by atoms with Gasteiger partial charge in [-0.1, -0.05) is 12.1 Å². The third kappa shape index (κ3) is 5.74. The number of amides is 1. The molecule has 1 heterocycles. The third-order valence-electron chi connectivity index (χ3n) is 5.94. The molecule has 0 bridgehead atoms. The summed E-state index contributed by atoms with van der Waals surface area (Å²) in [7, 11) is 6.36. The van der Waals surface area contributed by atoms with E-state index < -0.39 is 0 Å². The Kier molecular flexibility index (Phi) is 7.71. The number of benzene rings is 2. The van der Waals surface area contributed by atoms with Crippen molar-refractivity contribution in [2.75, 3.05) is 65.4 Å². The smallest absolute Gasteiger partial charge is 0.251 e. The second-order valence-corrected chi connectivity index (χ2v) is 8.32. The van der Waals surface area contributed by atoms with Crippen LogP contribution in [0.25, 0.3) is 0 Å². The number of quaternary nitrogens is 2. The Bertz CT molecular complexity index is 797. The molecular weight excluding hydrogens is 376 g/mol. The predicted molar refractivity (Wildman–Crippen MR) is 121 cm³/mol. The maximum atomic E-state index is 12.8. The average molecular weight is 413 g/mol. The lowest BCUT2D eigenvalue weighted by atomic mass is 10.0. The zero-order valence-electron chi connectivity index (χ0n) is 18.7. The summed E-state index contributed by atoms with van der Waals surface area (Å²) >= 11 is 0. The van der Waals surface area contributed by atoms with Crippen LogP contribution in [0.4, 0.5) is 5.69 Å². The molecule has 1 amide bonds. The van der Waals surface area contributed by atoms with Crippen LogP contribution >= 0.6 is 0 Å². The Hall–Kier alpha value is -2.57. The molecule has 0 radical (unpaired) electrons. The normalized spacial score (nSPS) is 19.7. The first kappa shape index (κ1) is 22.1. The van der Waals surface area contributed by atoms with Crippen molar-refractivity contribution in [2.45, 2.75) is 13.0 Å². The number of carbonyl (C=O) groups is 1. The van der Waals surface area contributed by atoms with Gasteiger partial charge in [-0.2, -0.15) is 0 Å². The lowest BCUT2D eigenvalue weighted by Gasteiger charge is -2.33. The van der Waals surface area contributed by atoms with Crippen LogP contribution in [0.2, 0.25) is 0 Å². The minimum absolute atomic E-state index is 0.0351. The van der Waals surface area contributed by atoms with E-state index in [4.69, 9.17) is 4.74 Å². The summed E-state index contributed by atoms with van der Waals surface area (Å²) in [5.41, 5.74) is 3.13. The van der Waals surface area contributed by atoms with Crippen LogP contribution in [0.5, 0.6) is 5.75 Å². The van der Waals surface area contributed by atoms with Gasteiger partial charge < -0.3 is 24.8 Å². The summed E-state index contributed by atoms with van der Waals surface area (Å²) in [5, 5.41) is 3.18. The van der Waals surface area contributed by atoms with Gasteiger partial charge in [-0.3, -0.25) is 4.79 Å². The number of likely N-dealkylation sites (N-methyl/N-ethyl adjacent to an activating group) is 1. The molecule has 6 nitrogen and oxygen atoms in total. The van der Waals surface area contributed by atoms with E-state index in [9.17, 15) is 4.79 Å². The summed E-state index contributed by atoms with van der Waals surface area (Å²) in [5.74, 6) is 0.754. The second-order valence-electron chi connectivity index (χ2n) is 8.32. The van der Waals surface area contributed by atoms with E-state index >= 15 is 0 Å². The Morgan fingerprint density at radius 2 is 1.67 bits per heavy atom. The van der Waals surface area contributed by atoms with Crippen molar-refractivity contribution < 1.29 is 19.3 Å². The highest BCUT2D eigenvalue weighted by molar-refractivity contribution is 5.94. The highest BCUT2D eigenvalue weighted by Gasteiger charge is 2.29. The van der Waals surface area contributed by atoms with E-state index in [1.807, 2.05) is 31.2 Å². The highest BCUT2D eigenvalue weighted by Crippen LogP contribution is 2.17. The highest BCUT2D eigenvalue weighted by atomic mass is 16.5. The van der Waals surface area contributed by atoms with Crippen molar-refractivity contribution in [3.63, 3.8) is 0 Å². The molecule has 30 heavy (non-hydrogen) atoms. The van der Waals surface area contributed by atoms with Crippen LogP contribution in [0.3, 0.4) is 0 Å². The largest absolute Gasteiger partial charge is 0.494 e. The van der Waals surface area contributed by atoms with Crippen LogP contribution in [0, 0.1) is 0 Å². The van der Waals surface area contributed by atoms with Gasteiger partial charge in [-0.25, -0.2) is 0 Å². The van der Waals surface area contributed by atoms with Crippen molar-refractivity contribution in [2.24, 2.45) is 0 Å². The minimum Gasteiger partial charge on any atom is -0.494 e. The fourth-order valence-corrected chi connectivity index (χ4v) is 4.02. The predicted octanol–water partition coefficient (Wildman–Crippen LogP) is 0.0356. The quantitative estimate of drug-likeness (QED) is 0.574. The molecule has 0 aliphatic carbocycles. The summed E-state index contributed by atoms with van der Waals surface area (Å²) in [4.78, 5) is 18.0. The van der Waals surface area contributed by atoms with Crippen molar-refractivity contribution >= 4 is 11.6 Å². The molecule has 1 fully saturated rings. The fraction of sp³-hybridized carbons (Fsp3) is 0.458. The Labute approximate surface area is 180 Å². The van der Waals surface area contributed by atoms with E-state index in [1.165, 1.54) is 11.3 Å². The van der Waals surface area contributed by atoms with Crippen molar-refractivity contribution in [3.8, 4) is 5.75 Å². The standard InChI is InChI=1S/C24H34N4O2/c1-5-30-22-12-8-20(9-13-22)24(29)25-18-23(28-16-14-27(4)15-17-28)19-6-10-21(11-7-19)26(2)3/h6-13,23H,5,14-18H2,1-4H3,(H,25,29)/p+2/t23-/m1/s1. The molecule has 1 saturated heterocycles. The molecule has 0 aromatic heterocycles. The average Bonchev–Trinajstić information content (AvgIpc) is 2.76. The molecule has 2 aromatic carbocycles. The first-order valence-corrected chi connectivity index (χ1v) is 10.9. The number of rotatable bonds is 8. The summed E-state index contributed by atoms with van der Waals surface area (Å²) in [6.07, 6.45) is 0. The van der Waals surface area contributed by atoms with Gasteiger partial charge in [0.2, 0.25) is 0 Å². The third-order valence-corrected chi connectivity index (χ3v) is 5.94. The maximum absolute atomic E-state index is 12.8. The number of nitrogens with zero attached hydrogens (tertiary/aromatic N) is 1. The van der Waals surface area contributed by atoms with Crippen LogP contribution < -0.4 is 24.8 Å². The molecule has 1 aliphatic heterocycles. The first-order valence-electron chi connectivity index (χ1n) is 10.9. The monoisotopic (exact) mass is 412 g/mol. The number of anilines is 1. The summed E-state index contributed by atoms with van der Waals surface area (Å²) < 4.78 is 5.47. The van der Waals surface area contributed by atoms with Crippen molar-refractivity contribution in [1.29, 1.82) is 0 Å². The summed E-state index contributed by atoms with van der Waals surface area (Å²) in [6, 6.07) is 16.4. The fourth-order valence-electron chi connectivity index (χ4n) is 4.02. The number of nitrogens with one attached hydrogen (secondary N) is 3. The summed E-state index contributed by atoms with van der Waals surface area (Å²) in [6.45, 7) is 7.75. The van der Waals surface area contributed by atoms with Crippen molar-refractivity contribution in [3.05, 3.63) is 59.7 Å². The number of carbonyl (C=O) groups excluding carboxylic acids is 1. The number of piperazine rings is 1. The Balaban J connectivity index is 1.70. The SMILES string of the molecule is CCOc1ccc(C(=O)NC[C@H](c2ccc(N(C)C)cc2)[NH+]2CC[NH+](C)CC2)cc1. The van der Waals surface area contributed by atoms with Gasteiger partial charge in [0.25, 0.3) is 5.91 Å². The number of ether oxygens (including phenoxy) is 1. The maximum Gasteiger partial charge on any atom is 0.251 e. The van der Waals surface area contributed by atoms with Crippen LogP contribution in [-0.2, 0) is 0 Å². The molecule has 1 aliphatic rings. The lowest BCUT2D eigenvalue weighted by Crippen LogP contribution is -3.27. The van der Waals surface area contributed by atoms with Gasteiger partial charge in [-0.15, -0.1) is 0 Å². The van der Waals surface area contributed by atoms with Crippen LogP contribution in [0.15, 0.2) is 48.5 Å². The van der Waals surface area contributed by atoms with Crippen LogP contribution in [0.1, 0.15) is 28.9 Å². The molecule has 3 rings (SSSR count). The second kappa shape index (κ2) is 10.5. The van der Waals surface area contributed by atoms with E-state index in [1.54, 1.807) is 9.80 Å². The molecule has 3 N–H and O–H groups in total. The molecule has 1 atom stereocenters. The molecule has 0 unspecified atom stereocenters. The van der Waals surface area contributed by atoms with Gasteiger partial charge in [0.15, 0.2) is 0 Å². The van der Waals surface area contributed by atoms with Gasteiger partial charge >= 0.3 is 0 Å². The topological polar surface area (TPSA) is 50.4 Å². The Morgan fingerprint density at radius 1 is 1.03 bits per heavy atom. The molecule has 162 valence electrons. The van der Waals surface area contributed by atoms with Crippen molar-refractivity contribution in [1.82, 2.24) is 5.32 Å². The Morgan fingerprint density at radius 3 is 2.23 bits per heavy atom. The lowest BCUT2D eigenvalue weighted by molar-refractivity contribution is -1.02. The molecule has 0 saturated carbocycles. The molecule has 0 spiro atoms. The van der Waals surface area contributed by atoms with Gasteiger partial charge in [0.05, 0.1) is 20.2 Å². The molecule has 6 heteroatoms. The number of hydrogen-bond donors (Lipinski definition) is 3. The van der Waals surface area contributed by atoms with Crippen LogP contribution in [-0.4, -0.2) is 66.4 Å². The van der Waals surface area contributed by atoms with E-state index in [0.29, 0.717) is 18.7 Å². The van der Waals surface area contributed by atoms with E-state index in [-0.39, 0.29) is 11.9 Å².